The van der Waals surface area contributed by atoms with E-state index in [4.69, 9.17) is 5.73 Å². The van der Waals surface area contributed by atoms with Crippen LogP contribution in [0.2, 0.25) is 0 Å². The third kappa shape index (κ3) is 2.99. The van der Waals surface area contributed by atoms with Crippen molar-refractivity contribution in [3.63, 3.8) is 0 Å². The van der Waals surface area contributed by atoms with Gasteiger partial charge in [-0.05, 0) is 35.9 Å². The molecule has 0 aliphatic carbocycles. The number of para-hydroxylation sites is 1. The molecule has 2 aromatic rings. The number of hydrogen-bond donors (Lipinski definition) is 1. The minimum absolute atomic E-state index is 0.243. The third-order valence-electron chi connectivity index (χ3n) is 3.24. The molecule has 2 nitrogen and oxygen atoms in total. The molecule has 1 unspecified atom stereocenters. The average molecular weight is 341 g/mol. The molecule has 0 heterocycles. The summed E-state index contributed by atoms with van der Waals surface area (Å²) in [4.78, 5) is 1.72. The molecule has 2 aromatic carbocycles. The normalized spacial score (nSPS) is 12.2. The molecule has 1 atom stereocenters. The van der Waals surface area contributed by atoms with Gasteiger partial charge in [-0.25, -0.2) is 8.78 Å². The Bertz CT molecular complexity index is 604. The lowest BCUT2D eigenvalue weighted by molar-refractivity contribution is 0.595. The van der Waals surface area contributed by atoms with E-state index in [1.54, 1.807) is 36.2 Å². The molecule has 0 aliphatic rings. The summed E-state index contributed by atoms with van der Waals surface area (Å²) in [5, 5.41) is 0. The van der Waals surface area contributed by atoms with Gasteiger partial charge < -0.3 is 10.6 Å². The Morgan fingerprint density at radius 2 is 1.90 bits per heavy atom. The van der Waals surface area contributed by atoms with Crippen molar-refractivity contribution in [2.24, 2.45) is 5.73 Å². The fourth-order valence-corrected chi connectivity index (χ4v) is 2.68. The average Bonchev–Trinajstić information content (AvgIpc) is 2.44. The Hall–Kier alpha value is -1.46. The predicted octanol–water partition coefficient (Wildman–Crippen LogP) is 3.86. The maximum atomic E-state index is 13.9. The van der Waals surface area contributed by atoms with Gasteiger partial charge >= 0.3 is 0 Å². The van der Waals surface area contributed by atoms with E-state index in [-0.39, 0.29) is 24.2 Å². The molecule has 5 heteroatoms. The quantitative estimate of drug-likeness (QED) is 0.915. The molecular weight excluding hydrogens is 326 g/mol. The van der Waals surface area contributed by atoms with Crippen LogP contribution in [0.5, 0.6) is 0 Å². The summed E-state index contributed by atoms with van der Waals surface area (Å²) in [6.45, 7) is 0.243. The fraction of sp³-hybridized carbons (Fsp3) is 0.200. The van der Waals surface area contributed by atoms with Crippen molar-refractivity contribution in [3.8, 4) is 0 Å². The first kappa shape index (κ1) is 14.9. The zero-order chi connectivity index (χ0) is 14.7. The van der Waals surface area contributed by atoms with Crippen molar-refractivity contribution >= 4 is 21.6 Å². The molecule has 2 rings (SSSR count). The molecule has 0 fully saturated rings. The lowest BCUT2D eigenvalue weighted by Crippen LogP contribution is -2.31. The van der Waals surface area contributed by atoms with Crippen molar-refractivity contribution < 1.29 is 8.78 Å². The second-order valence-electron chi connectivity index (χ2n) is 4.48. The standard InChI is InChI=1S/C15H15BrF2N2/c1-20(14-5-3-2-4-13(14)18)15(9-19)11-8-10(17)6-7-12(11)16/h2-8,15H,9,19H2,1H3. The molecule has 0 radical (unpaired) electrons. The third-order valence-corrected chi connectivity index (χ3v) is 3.96. The van der Waals surface area contributed by atoms with Gasteiger partial charge in [0.05, 0.1) is 11.7 Å². The van der Waals surface area contributed by atoms with Crippen LogP contribution in [0.1, 0.15) is 11.6 Å². The van der Waals surface area contributed by atoms with E-state index in [2.05, 4.69) is 15.9 Å². The summed E-state index contributed by atoms with van der Waals surface area (Å²) in [6, 6.07) is 10.5. The van der Waals surface area contributed by atoms with Crippen LogP contribution in [-0.2, 0) is 0 Å². The van der Waals surface area contributed by atoms with E-state index in [0.717, 1.165) is 4.47 Å². The Kier molecular flexibility index (Phi) is 4.73. The first-order valence-electron chi connectivity index (χ1n) is 6.17. The molecule has 0 bridgehead atoms. The Morgan fingerprint density at radius 3 is 2.55 bits per heavy atom. The monoisotopic (exact) mass is 340 g/mol. The number of rotatable bonds is 4. The molecule has 0 amide bonds. The topological polar surface area (TPSA) is 29.3 Å². The molecule has 106 valence electrons. The summed E-state index contributed by atoms with van der Waals surface area (Å²) < 4.78 is 28.0. The highest BCUT2D eigenvalue weighted by Crippen LogP contribution is 2.31. The fourth-order valence-electron chi connectivity index (χ4n) is 2.17. The highest BCUT2D eigenvalue weighted by Gasteiger charge is 2.21. The van der Waals surface area contributed by atoms with Crippen molar-refractivity contribution in [3.05, 3.63) is 64.1 Å². The van der Waals surface area contributed by atoms with Crippen LogP contribution in [0.3, 0.4) is 0 Å². The van der Waals surface area contributed by atoms with Crippen molar-refractivity contribution in [1.82, 2.24) is 0 Å². The minimum atomic E-state index is -0.344. The zero-order valence-electron chi connectivity index (χ0n) is 11.0. The van der Waals surface area contributed by atoms with Crippen LogP contribution >= 0.6 is 15.9 Å². The summed E-state index contributed by atoms with van der Waals surface area (Å²) in [5.41, 5.74) is 6.93. The smallest absolute Gasteiger partial charge is 0.146 e. The van der Waals surface area contributed by atoms with Crippen molar-refractivity contribution in [2.75, 3.05) is 18.5 Å². The van der Waals surface area contributed by atoms with E-state index >= 15 is 0 Å². The Morgan fingerprint density at radius 1 is 1.20 bits per heavy atom. The molecule has 0 spiro atoms. The van der Waals surface area contributed by atoms with Gasteiger partial charge in [0.1, 0.15) is 11.6 Å². The van der Waals surface area contributed by atoms with Gasteiger partial charge in [0.25, 0.3) is 0 Å². The Labute approximate surface area is 125 Å². The molecule has 0 saturated carbocycles. The van der Waals surface area contributed by atoms with E-state index in [0.29, 0.717) is 11.3 Å². The van der Waals surface area contributed by atoms with E-state index in [1.807, 2.05) is 0 Å². The summed E-state index contributed by atoms with van der Waals surface area (Å²) in [7, 11) is 1.74. The van der Waals surface area contributed by atoms with Crippen LogP contribution in [0.25, 0.3) is 0 Å². The van der Waals surface area contributed by atoms with E-state index in [1.165, 1.54) is 18.2 Å². The highest BCUT2D eigenvalue weighted by molar-refractivity contribution is 9.10. The number of nitrogens with zero attached hydrogens (tertiary/aromatic N) is 1. The van der Waals surface area contributed by atoms with Gasteiger partial charge in [0.2, 0.25) is 0 Å². The van der Waals surface area contributed by atoms with Crippen LogP contribution in [0.4, 0.5) is 14.5 Å². The SMILES string of the molecule is CN(c1ccccc1F)C(CN)c1cc(F)ccc1Br. The van der Waals surface area contributed by atoms with Gasteiger partial charge in [0.15, 0.2) is 0 Å². The molecule has 2 N–H and O–H groups in total. The number of halogens is 3. The van der Waals surface area contributed by atoms with E-state index in [9.17, 15) is 8.78 Å². The van der Waals surface area contributed by atoms with Crippen LogP contribution in [0, 0.1) is 11.6 Å². The maximum absolute atomic E-state index is 13.9. The van der Waals surface area contributed by atoms with Crippen LogP contribution < -0.4 is 10.6 Å². The molecule has 20 heavy (non-hydrogen) atoms. The van der Waals surface area contributed by atoms with Gasteiger partial charge in [-0.15, -0.1) is 0 Å². The number of likely N-dealkylation sites (N-methyl/N-ethyl adjacent to an activating group) is 1. The lowest BCUT2D eigenvalue weighted by atomic mass is 10.0. The first-order chi connectivity index (χ1) is 9.54. The second-order valence-corrected chi connectivity index (χ2v) is 5.33. The van der Waals surface area contributed by atoms with Gasteiger partial charge in [-0.2, -0.15) is 0 Å². The molecule has 0 aromatic heterocycles. The van der Waals surface area contributed by atoms with Gasteiger partial charge in [-0.3, -0.25) is 0 Å². The summed E-state index contributed by atoms with van der Waals surface area (Å²) >= 11 is 3.39. The summed E-state index contributed by atoms with van der Waals surface area (Å²) in [6.07, 6.45) is 0. The van der Waals surface area contributed by atoms with Crippen molar-refractivity contribution in [1.29, 1.82) is 0 Å². The maximum Gasteiger partial charge on any atom is 0.146 e. The first-order valence-corrected chi connectivity index (χ1v) is 6.96. The Balaban J connectivity index is 2.42. The van der Waals surface area contributed by atoms with Crippen molar-refractivity contribution in [2.45, 2.75) is 6.04 Å². The van der Waals surface area contributed by atoms with Gasteiger partial charge in [0, 0.05) is 18.1 Å². The largest absolute Gasteiger partial charge is 0.364 e. The predicted molar refractivity (Wildman–Crippen MR) is 80.7 cm³/mol. The molecule has 0 aliphatic heterocycles. The van der Waals surface area contributed by atoms with Crippen LogP contribution in [-0.4, -0.2) is 13.6 Å². The van der Waals surface area contributed by atoms with Gasteiger partial charge in [-0.1, -0.05) is 28.1 Å². The number of nitrogens with two attached hydrogens (primary N) is 1. The lowest BCUT2D eigenvalue weighted by Gasteiger charge is -2.30. The molecular formula is C15H15BrF2N2. The minimum Gasteiger partial charge on any atom is -0.364 e. The summed E-state index contributed by atoms with van der Waals surface area (Å²) in [5.74, 6) is -0.676. The zero-order valence-corrected chi connectivity index (χ0v) is 12.6. The van der Waals surface area contributed by atoms with Crippen LogP contribution in [0.15, 0.2) is 46.9 Å². The second kappa shape index (κ2) is 6.33. The number of hydrogen-bond acceptors (Lipinski definition) is 2. The highest BCUT2D eigenvalue weighted by atomic mass is 79.9. The molecule has 0 saturated heterocycles. The van der Waals surface area contributed by atoms with E-state index < -0.39 is 0 Å². The number of benzene rings is 2. The number of anilines is 1.